The Hall–Kier alpha value is -0.480. The van der Waals surface area contributed by atoms with Crippen molar-refractivity contribution in [3.63, 3.8) is 0 Å². The lowest BCUT2D eigenvalue weighted by Crippen LogP contribution is -2.38. The number of hydrogen-bond donors (Lipinski definition) is 1. The van der Waals surface area contributed by atoms with E-state index in [4.69, 9.17) is 4.74 Å². The molecule has 0 saturated heterocycles. The van der Waals surface area contributed by atoms with Gasteiger partial charge in [0.15, 0.2) is 5.69 Å². The molecule has 1 aromatic rings. The molecular formula is C11H21N2OS+. The highest BCUT2D eigenvalue weighted by molar-refractivity contribution is 7.97. The second-order valence-corrected chi connectivity index (χ2v) is 4.27. The first-order valence-electron chi connectivity index (χ1n) is 5.48. The van der Waals surface area contributed by atoms with Crippen molar-refractivity contribution in [2.45, 2.75) is 32.6 Å². The quantitative estimate of drug-likeness (QED) is 0.570. The van der Waals surface area contributed by atoms with Crippen LogP contribution in [0.1, 0.15) is 25.4 Å². The van der Waals surface area contributed by atoms with Gasteiger partial charge in [0.2, 0.25) is 0 Å². The first-order valence-corrected chi connectivity index (χ1v) is 6.88. The van der Waals surface area contributed by atoms with Gasteiger partial charge in [-0.3, -0.25) is 0 Å². The third-order valence-corrected chi connectivity index (χ3v) is 2.88. The number of H-pyrrole nitrogens is 1. The van der Waals surface area contributed by atoms with E-state index in [0.29, 0.717) is 0 Å². The van der Waals surface area contributed by atoms with Crippen molar-refractivity contribution in [3.8, 4) is 0 Å². The van der Waals surface area contributed by atoms with Crippen LogP contribution in [0.3, 0.4) is 0 Å². The zero-order valence-electron chi connectivity index (χ0n) is 9.88. The van der Waals surface area contributed by atoms with Crippen LogP contribution in [0.4, 0.5) is 0 Å². The molecule has 86 valence electrons. The Labute approximate surface area is 96.2 Å². The number of aromatic nitrogens is 2. The molecule has 0 spiro atoms. The summed E-state index contributed by atoms with van der Waals surface area (Å²) in [7, 11) is 0. The predicted molar refractivity (Wildman–Crippen MR) is 64.1 cm³/mol. The van der Waals surface area contributed by atoms with Crippen molar-refractivity contribution < 1.29 is 9.30 Å². The van der Waals surface area contributed by atoms with Gasteiger partial charge in [-0.25, -0.2) is 9.55 Å². The number of thioether (sulfide) groups is 1. The summed E-state index contributed by atoms with van der Waals surface area (Å²) in [6.45, 7) is 6.74. The molecule has 0 aliphatic rings. The highest BCUT2D eigenvalue weighted by atomic mass is 32.2. The number of aromatic amines is 1. The lowest BCUT2D eigenvalue weighted by molar-refractivity contribution is -0.704. The number of nitrogens with one attached hydrogen (secondary N) is 1. The number of aryl methyl sites for hydroxylation is 1. The molecule has 0 unspecified atom stereocenters. The Morgan fingerprint density at radius 2 is 2.27 bits per heavy atom. The summed E-state index contributed by atoms with van der Waals surface area (Å²) in [5.74, 6) is 2.34. The maximum atomic E-state index is 5.37. The molecule has 0 amide bonds. The molecule has 1 aromatic heterocycles. The van der Waals surface area contributed by atoms with Gasteiger partial charge in [-0.1, -0.05) is 6.92 Å². The molecule has 1 rings (SSSR count). The van der Waals surface area contributed by atoms with Crippen LogP contribution in [0.5, 0.6) is 0 Å². The maximum absolute atomic E-state index is 5.37. The Morgan fingerprint density at radius 1 is 1.47 bits per heavy atom. The lowest BCUT2D eigenvalue weighted by atomic mass is 10.4. The SMILES string of the molecule is CCOCC[n+]1cc(CSC)[nH]c1CC. The first kappa shape index (κ1) is 12.6. The monoisotopic (exact) mass is 229 g/mol. The van der Waals surface area contributed by atoms with E-state index in [1.165, 1.54) is 11.5 Å². The van der Waals surface area contributed by atoms with Crippen molar-refractivity contribution in [2.24, 2.45) is 0 Å². The molecule has 1 heterocycles. The zero-order chi connectivity index (χ0) is 11.1. The van der Waals surface area contributed by atoms with E-state index >= 15 is 0 Å². The molecule has 4 heteroatoms. The van der Waals surface area contributed by atoms with Crippen LogP contribution in [0, 0.1) is 0 Å². The third kappa shape index (κ3) is 3.87. The molecule has 0 fully saturated rings. The summed E-state index contributed by atoms with van der Waals surface area (Å²) in [4.78, 5) is 3.45. The van der Waals surface area contributed by atoms with Gasteiger partial charge in [0.05, 0.1) is 12.4 Å². The van der Waals surface area contributed by atoms with Gasteiger partial charge in [-0.05, 0) is 13.2 Å². The van der Waals surface area contributed by atoms with Crippen LogP contribution in [-0.2, 0) is 23.5 Å². The first-order chi connectivity index (χ1) is 7.31. The van der Waals surface area contributed by atoms with Gasteiger partial charge in [0, 0.05) is 13.0 Å². The van der Waals surface area contributed by atoms with Crippen LogP contribution in [0.15, 0.2) is 6.20 Å². The van der Waals surface area contributed by atoms with Gasteiger partial charge in [0.25, 0.3) is 5.82 Å². The fraction of sp³-hybridized carbons (Fsp3) is 0.727. The summed E-state index contributed by atoms with van der Waals surface area (Å²) in [5, 5.41) is 0. The summed E-state index contributed by atoms with van der Waals surface area (Å²) < 4.78 is 7.63. The third-order valence-electron chi connectivity index (χ3n) is 2.28. The van der Waals surface area contributed by atoms with Gasteiger partial charge in [-0.15, -0.1) is 0 Å². The van der Waals surface area contributed by atoms with Crippen LogP contribution >= 0.6 is 11.8 Å². The Bertz CT molecular complexity index is 286. The standard InChI is InChI=1S/C11H20N2OS/c1-4-11-12-10(9-15-3)8-13(11)6-7-14-5-2/h8H,4-7,9H2,1-3H3/p+1. The molecule has 0 atom stereocenters. The van der Waals surface area contributed by atoms with E-state index < -0.39 is 0 Å². The smallest absolute Gasteiger partial charge is 0.254 e. The molecule has 3 nitrogen and oxygen atoms in total. The summed E-state index contributed by atoms with van der Waals surface area (Å²) in [6.07, 6.45) is 5.37. The zero-order valence-corrected chi connectivity index (χ0v) is 10.7. The van der Waals surface area contributed by atoms with Crippen LogP contribution in [0.2, 0.25) is 0 Å². The number of imidazole rings is 1. The van der Waals surface area contributed by atoms with Crippen molar-refractivity contribution in [2.75, 3.05) is 19.5 Å². The highest BCUT2D eigenvalue weighted by Crippen LogP contribution is 2.05. The molecule has 0 radical (unpaired) electrons. The molecule has 1 N–H and O–H groups in total. The molecule has 0 aliphatic carbocycles. The summed E-state index contributed by atoms with van der Waals surface area (Å²) in [6, 6.07) is 0. The van der Waals surface area contributed by atoms with Crippen LogP contribution in [0.25, 0.3) is 0 Å². The Balaban J connectivity index is 2.59. The van der Waals surface area contributed by atoms with Crippen molar-refractivity contribution in [1.82, 2.24) is 4.98 Å². The average Bonchev–Trinajstić information content (AvgIpc) is 2.62. The number of nitrogens with zero attached hydrogens (tertiary/aromatic N) is 1. The van der Waals surface area contributed by atoms with Gasteiger partial charge >= 0.3 is 0 Å². The minimum Gasteiger partial charge on any atom is -0.378 e. The van der Waals surface area contributed by atoms with E-state index in [-0.39, 0.29) is 0 Å². The number of hydrogen-bond acceptors (Lipinski definition) is 2. The van der Waals surface area contributed by atoms with E-state index in [0.717, 1.165) is 31.9 Å². The molecule has 0 saturated carbocycles. The maximum Gasteiger partial charge on any atom is 0.254 e. The van der Waals surface area contributed by atoms with E-state index in [2.05, 4.69) is 28.9 Å². The summed E-state index contributed by atoms with van der Waals surface area (Å²) >= 11 is 1.84. The second-order valence-electron chi connectivity index (χ2n) is 3.40. The van der Waals surface area contributed by atoms with Crippen molar-refractivity contribution in [1.29, 1.82) is 0 Å². The largest absolute Gasteiger partial charge is 0.378 e. The van der Waals surface area contributed by atoms with Gasteiger partial charge < -0.3 is 4.74 Å². The molecule has 15 heavy (non-hydrogen) atoms. The van der Waals surface area contributed by atoms with Crippen LogP contribution < -0.4 is 4.57 Å². The normalized spacial score (nSPS) is 10.9. The van der Waals surface area contributed by atoms with E-state index in [1.54, 1.807) is 0 Å². The molecule has 0 aliphatic heterocycles. The summed E-state index contributed by atoms with van der Waals surface area (Å²) in [5.41, 5.74) is 1.30. The molecular weight excluding hydrogens is 208 g/mol. The average molecular weight is 229 g/mol. The van der Waals surface area contributed by atoms with E-state index in [9.17, 15) is 0 Å². The number of rotatable bonds is 7. The molecule has 0 aromatic carbocycles. The minimum atomic E-state index is 0.796. The van der Waals surface area contributed by atoms with E-state index in [1.807, 2.05) is 18.7 Å². The highest BCUT2D eigenvalue weighted by Gasteiger charge is 2.12. The second kappa shape index (κ2) is 6.90. The van der Waals surface area contributed by atoms with Crippen LogP contribution in [-0.4, -0.2) is 24.5 Å². The molecule has 0 bridgehead atoms. The topological polar surface area (TPSA) is 28.9 Å². The van der Waals surface area contributed by atoms with Crippen molar-refractivity contribution in [3.05, 3.63) is 17.7 Å². The van der Waals surface area contributed by atoms with Crippen molar-refractivity contribution >= 4 is 11.8 Å². The minimum absolute atomic E-state index is 0.796. The Morgan fingerprint density at radius 3 is 2.87 bits per heavy atom. The number of ether oxygens (including phenoxy) is 1. The fourth-order valence-electron chi connectivity index (χ4n) is 1.58. The lowest BCUT2D eigenvalue weighted by Gasteiger charge is -1.99. The van der Waals surface area contributed by atoms with Gasteiger partial charge in [0.1, 0.15) is 12.7 Å². The Kier molecular flexibility index (Phi) is 5.79. The van der Waals surface area contributed by atoms with Gasteiger partial charge in [-0.2, -0.15) is 11.8 Å². The fourth-order valence-corrected chi connectivity index (χ4v) is 2.04. The predicted octanol–water partition coefficient (Wildman–Crippen LogP) is 1.76.